The fourth-order valence-electron chi connectivity index (χ4n) is 3.57. The number of piperidine rings is 1. The van der Waals surface area contributed by atoms with Crippen molar-refractivity contribution in [3.8, 4) is 0 Å². The number of likely N-dealkylation sites (tertiary alicyclic amines) is 1. The molecule has 2 heterocycles. The lowest BCUT2D eigenvalue weighted by molar-refractivity contribution is -0.150. The highest BCUT2D eigenvalue weighted by Crippen LogP contribution is 2.37. The molecule has 130 valence electrons. The zero-order chi connectivity index (χ0) is 17.5. The van der Waals surface area contributed by atoms with Crippen LogP contribution in [0.2, 0.25) is 5.02 Å². The van der Waals surface area contributed by atoms with E-state index in [9.17, 15) is 14.7 Å². The molecule has 0 aromatic heterocycles. The van der Waals surface area contributed by atoms with Crippen LogP contribution in [0.4, 0.5) is 0 Å². The van der Waals surface area contributed by atoms with Gasteiger partial charge in [0, 0.05) is 18.1 Å². The van der Waals surface area contributed by atoms with E-state index in [-0.39, 0.29) is 18.3 Å². The van der Waals surface area contributed by atoms with Crippen molar-refractivity contribution in [3.63, 3.8) is 0 Å². The third-order valence-electron chi connectivity index (χ3n) is 5.17. The van der Waals surface area contributed by atoms with Crippen LogP contribution in [-0.2, 0) is 19.9 Å². The van der Waals surface area contributed by atoms with Crippen molar-refractivity contribution in [1.29, 1.82) is 0 Å². The van der Waals surface area contributed by atoms with Crippen LogP contribution in [0.3, 0.4) is 0 Å². The molecular weight excluding hydrogens is 330 g/mol. The summed E-state index contributed by atoms with van der Waals surface area (Å²) >= 11 is 5.90. The smallest absolute Gasteiger partial charge is 0.307 e. The number of esters is 1. The summed E-state index contributed by atoms with van der Waals surface area (Å²) in [5.41, 5.74) is -0.893. The Hall–Kier alpha value is -1.59. The number of halogens is 1. The first kappa shape index (κ1) is 17.2. The molecular formula is C18H22ClNO4. The van der Waals surface area contributed by atoms with Gasteiger partial charge in [-0.2, -0.15) is 0 Å². The zero-order valence-corrected chi connectivity index (χ0v) is 14.7. The van der Waals surface area contributed by atoms with Gasteiger partial charge in [-0.25, -0.2) is 0 Å². The molecule has 1 N–H and O–H groups in total. The van der Waals surface area contributed by atoms with Crippen molar-refractivity contribution in [2.45, 2.75) is 44.3 Å². The quantitative estimate of drug-likeness (QED) is 0.831. The Labute approximate surface area is 146 Å². The molecule has 0 saturated carbocycles. The molecule has 1 aromatic rings. The van der Waals surface area contributed by atoms with E-state index in [1.807, 2.05) is 12.1 Å². The fraction of sp³-hybridized carbons (Fsp3) is 0.556. The minimum absolute atomic E-state index is 0.0657. The normalized spacial score (nSPS) is 25.4. The van der Waals surface area contributed by atoms with Gasteiger partial charge in [-0.15, -0.1) is 0 Å². The van der Waals surface area contributed by atoms with Crippen LogP contribution in [0.25, 0.3) is 0 Å². The van der Waals surface area contributed by atoms with Crippen molar-refractivity contribution >= 4 is 23.5 Å². The number of nitrogens with zero attached hydrogens (tertiary/aromatic N) is 1. The summed E-state index contributed by atoms with van der Waals surface area (Å²) in [4.78, 5) is 26.0. The van der Waals surface area contributed by atoms with Crippen LogP contribution in [-0.4, -0.2) is 40.6 Å². The van der Waals surface area contributed by atoms with Crippen LogP contribution in [0, 0.1) is 5.92 Å². The van der Waals surface area contributed by atoms with Crippen LogP contribution >= 0.6 is 11.6 Å². The Morgan fingerprint density at radius 2 is 1.83 bits per heavy atom. The Bertz CT molecular complexity index is 647. The number of carbonyl (C=O) groups is 2. The number of carbonyl (C=O) groups excluding carboxylic acids is 2. The largest absolute Gasteiger partial charge is 0.459 e. The lowest BCUT2D eigenvalue weighted by atomic mass is 9.83. The van der Waals surface area contributed by atoms with E-state index in [1.54, 1.807) is 30.9 Å². The molecule has 0 spiro atoms. The monoisotopic (exact) mass is 351 g/mol. The minimum atomic E-state index is -0.946. The van der Waals surface area contributed by atoms with Gasteiger partial charge >= 0.3 is 5.97 Å². The second-order valence-corrected chi connectivity index (χ2v) is 7.63. The molecule has 24 heavy (non-hydrogen) atoms. The number of cyclic esters (lactones) is 1. The fourth-order valence-corrected chi connectivity index (χ4v) is 3.70. The van der Waals surface area contributed by atoms with Crippen molar-refractivity contribution < 1.29 is 19.4 Å². The van der Waals surface area contributed by atoms with E-state index < -0.39 is 17.1 Å². The molecule has 3 rings (SSSR count). The maximum Gasteiger partial charge on any atom is 0.307 e. The molecule has 2 saturated heterocycles. The van der Waals surface area contributed by atoms with E-state index in [0.29, 0.717) is 31.0 Å². The summed E-state index contributed by atoms with van der Waals surface area (Å²) in [6, 6.07) is 7.17. The van der Waals surface area contributed by atoms with Crippen molar-refractivity contribution in [2.75, 3.05) is 13.1 Å². The first-order valence-electron chi connectivity index (χ1n) is 8.20. The van der Waals surface area contributed by atoms with Crippen LogP contribution < -0.4 is 0 Å². The molecule has 1 aromatic carbocycles. The Balaban J connectivity index is 1.67. The molecule has 0 bridgehead atoms. The lowest BCUT2D eigenvalue weighted by Crippen LogP contribution is -2.49. The van der Waals surface area contributed by atoms with Crippen LogP contribution in [0.15, 0.2) is 24.3 Å². The predicted octanol–water partition coefficient (Wildman–Crippen LogP) is 2.49. The summed E-state index contributed by atoms with van der Waals surface area (Å²) in [5, 5.41) is 11.5. The highest BCUT2D eigenvalue weighted by atomic mass is 35.5. The second kappa shape index (κ2) is 6.05. The molecule has 0 aliphatic carbocycles. The number of amides is 1. The predicted molar refractivity (Wildman–Crippen MR) is 89.4 cm³/mol. The average Bonchev–Trinajstić information content (AvgIpc) is 2.80. The number of benzene rings is 1. The van der Waals surface area contributed by atoms with Crippen LogP contribution in [0.5, 0.6) is 0 Å². The summed E-state index contributed by atoms with van der Waals surface area (Å²) in [6.07, 6.45) is 1.05. The van der Waals surface area contributed by atoms with Gasteiger partial charge in [-0.1, -0.05) is 23.7 Å². The highest BCUT2D eigenvalue weighted by molar-refractivity contribution is 6.30. The molecule has 2 aliphatic heterocycles. The molecule has 1 amide bonds. The Kier molecular flexibility index (Phi) is 4.34. The van der Waals surface area contributed by atoms with E-state index in [0.717, 1.165) is 5.56 Å². The van der Waals surface area contributed by atoms with Gasteiger partial charge in [-0.3, -0.25) is 9.59 Å². The zero-order valence-electron chi connectivity index (χ0n) is 13.9. The van der Waals surface area contributed by atoms with Gasteiger partial charge in [0.05, 0.1) is 17.9 Å². The molecule has 5 nitrogen and oxygen atoms in total. The SMILES string of the molecule is CC1(C)OC(=O)CC1C(=O)N1CCC(O)(c2ccc(Cl)cc2)CC1. The third kappa shape index (κ3) is 3.15. The van der Waals surface area contributed by atoms with Crippen molar-refractivity contribution in [3.05, 3.63) is 34.9 Å². The van der Waals surface area contributed by atoms with E-state index in [4.69, 9.17) is 16.3 Å². The number of hydrogen-bond donors (Lipinski definition) is 1. The minimum Gasteiger partial charge on any atom is -0.459 e. The first-order valence-corrected chi connectivity index (χ1v) is 8.58. The van der Waals surface area contributed by atoms with E-state index in [2.05, 4.69) is 0 Å². The standard InChI is InChI=1S/C18H22ClNO4/c1-17(2)14(11-15(21)24-17)16(22)20-9-7-18(23,8-10-20)12-3-5-13(19)6-4-12/h3-6,14,23H,7-11H2,1-2H3. The second-order valence-electron chi connectivity index (χ2n) is 7.20. The average molecular weight is 352 g/mol. The van der Waals surface area contributed by atoms with Crippen LogP contribution in [0.1, 0.15) is 38.7 Å². The van der Waals surface area contributed by atoms with Gasteiger partial charge in [0.2, 0.25) is 5.91 Å². The van der Waals surface area contributed by atoms with E-state index >= 15 is 0 Å². The maximum atomic E-state index is 12.7. The molecule has 2 aliphatic rings. The van der Waals surface area contributed by atoms with Gasteiger partial charge in [0.1, 0.15) is 5.60 Å². The van der Waals surface area contributed by atoms with Gasteiger partial charge in [0.15, 0.2) is 0 Å². The number of ether oxygens (including phenoxy) is 1. The summed E-state index contributed by atoms with van der Waals surface area (Å²) in [5.74, 6) is -0.844. The Morgan fingerprint density at radius 3 is 2.33 bits per heavy atom. The maximum absolute atomic E-state index is 12.7. The topological polar surface area (TPSA) is 66.8 Å². The molecule has 1 unspecified atom stereocenters. The summed E-state index contributed by atoms with van der Waals surface area (Å²) in [6.45, 7) is 4.46. The van der Waals surface area contributed by atoms with Crippen molar-refractivity contribution in [1.82, 2.24) is 4.90 Å². The summed E-state index contributed by atoms with van der Waals surface area (Å²) < 4.78 is 5.25. The molecule has 6 heteroatoms. The number of hydrogen-bond acceptors (Lipinski definition) is 4. The highest BCUT2D eigenvalue weighted by Gasteiger charge is 2.48. The van der Waals surface area contributed by atoms with Gasteiger partial charge < -0.3 is 14.7 Å². The molecule has 2 fully saturated rings. The third-order valence-corrected chi connectivity index (χ3v) is 5.42. The van der Waals surface area contributed by atoms with Crippen molar-refractivity contribution in [2.24, 2.45) is 5.92 Å². The lowest BCUT2D eigenvalue weighted by Gasteiger charge is -2.40. The number of aliphatic hydroxyl groups is 1. The first-order chi connectivity index (χ1) is 11.2. The molecule has 0 radical (unpaired) electrons. The van der Waals surface area contributed by atoms with Gasteiger partial charge in [0.25, 0.3) is 0 Å². The molecule has 1 atom stereocenters. The Morgan fingerprint density at radius 1 is 1.25 bits per heavy atom. The van der Waals surface area contributed by atoms with Gasteiger partial charge in [-0.05, 0) is 44.4 Å². The summed E-state index contributed by atoms with van der Waals surface area (Å²) in [7, 11) is 0. The number of rotatable bonds is 2. The van der Waals surface area contributed by atoms with E-state index in [1.165, 1.54) is 0 Å².